The molecule has 1 aromatic heterocycles. The average Bonchev–Trinajstić information content (AvgIpc) is 3.16. The normalized spacial score (nSPS) is 12.5. The molecule has 4 aromatic carbocycles. The molecular weight excluding hydrogens is 466 g/mol. The van der Waals surface area contributed by atoms with Crippen LogP contribution >= 0.6 is 0 Å². The Hall–Kier alpha value is -3.74. The standard InChI is InChI=1S/C28H18F6O/c29-27(30,31)21-5-1-3-17(13-21)11-19-7-9-25-23(15-19)24-16-20(8-10-26(24)35-25)12-18-4-2-6-22(14-18)28(32,33)34/h1-10,13-16H,11-12H2. The first-order chi connectivity index (χ1) is 16.6. The fourth-order valence-electron chi connectivity index (χ4n) is 4.28. The van der Waals surface area contributed by atoms with E-state index in [9.17, 15) is 26.3 Å². The van der Waals surface area contributed by atoms with Crippen molar-refractivity contribution in [2.75, 3.05) is 0 Å². The molecule has 0 fully saturated rings. The molecule has 7 heteroatoms. The van der Waals surface area contributed by atoms with E-state index in [-0.39, 0.29) is 0 Å². The molecule has 0 atom stereocenters. The highest BCUT2D eigenvalue weighted by molar-refractivity contribution is 6.05. The van der Waals surface area contributed by atoms with Crippen LogP contribution in [0.15, 0.2) is 89.3 Å². The van der Waals surface area contributed by atoms with E-state index in [0.717, 1.165) is 46.2 Å². The topological polar surface area (TPSA) is 13.1 Å². The number of alkyl halides is 6. The van der Waals surface area contributed by atoms with E-state index in [1.54, 1.807) is 24.3 Å². The van der Waals surface area contributed by atoms with Crippen molar-refractivity contribution in [1.29, 1.82) is 0 Å². The fourth-order valence-corrected chi connectivity index (χ4v) is 4.28. The minimum atomic E-state index is -4.41. The summed E-state index contributed by atoms with van der Waals surface area (Å²) in [4.78, 5) is 0. The number of hydrogen-bond acceptors (Lipinski definition) is 1. The summed E-state index contributed by atoms with van der Waals surface area (Å²) in [6.07, 6.45) is -8.18. The highest BCUT2D eigenvalue weighted by atomic mass is 19.4. The van der Waals surface area contributed by atoms with Crippen LogP contribution in [-0.4, -0.2) is 0 Å². The van der Waals surface area contributed by atoms with Gasteiger partial charge in [-0.3, -0.25) is 0 Å². The number of fused-ring (bicyclic) bond motifs is 3. The summed E-state index contributed by atoms with van der Waals surface area (Å²) in [6.45, 7) is 0. The maximum Gasteiger partial charge on any atom is 0.416 e. The molecule has 0 bridgehead atoms. The zero-order valence-corrected chi connectivity index (χ0v) is 18.2. The molecule has 0 N–H and O–H groups in total. The second-order valence-corrected chi connectivity index (χ2v) is 8.51. The van der Waals surface area contributed by atoms with Gasteiger partial charge in [0.25, 0.3) is 0 Å². The predicted octanol–water partition coefficient (Wildman–Crippen LogP) is 8.81. The molecule has 0 radical (unpaired) electrons. The largest absolute Gasteiger partial charge is 0.456 e. The lowest BCUT2D eigenvalue weighted by atomic mass is 9.99. The smallest absolute Gasteiger partial charge is 0.416 e. The molecule has 0 spiro atoms. The van der Waals surface area contributed by atoms with Crippen molar-refractivity contribution in [2.24, 2.45) is 0 Å². The lowest BCUT2D eigenvalue weighted by Crippen LogP contribution is -2.05. The third kappa shape index (κ3) is 4.90. The number of furan rings is 1. The van der Waals surface area contributed by atoms with Crippen LogP contribution in [-0.2, 0) is 25.2 Å². The van der Waals surface area contributed by atoms with Crippen LogP contribution in [0.3, 0.4) is 0 Å². The molecule has 0 aliphatic rings. The summed E-state index contributed by atoms with van der Waals surface area (Å²) in [5.74, 6) is 0. The Balaban J connectivity index is 1.47. The Labute approximate surface area is 196 Å². The molecule has 1 heterocycles. The molecule has 0 saturated heterocycles. The fraction of sp³-hybridized carbons (Fsp3) is 0.143. The van der Waals surface area contributed by atoms with Gasteiger partial charge in [-0.1, -0.05) is 48.5 Å². The predicted molar refractivity (Wildman–Crippen MR) is 122 cm³/mol. The molecule has 35 heavy (non-hydrogen) atoms. The summed E-state index contributed by atoms with van der Waals surface area (Å²) >= 11 is 0. The summed E-state index contributed by atoms with van der Waals surface area (Å²) in [6, 6.07) is 21.4. The highest BCUT2D eigenvalue weighted by Gasteiger charge is 2.31. The lowest BCUT2D eigenvalue weighted by Gasteiger charge is -2.09. The van der Waals surface area contributed by atoms with Gasteiger partial charge in [0.15, 0.2) is 0 Å². The Morgan fingerprint density at radius 3 is 1.29 bits per heavy atom. The van der Waals surface area contributed by atoms with Crippen LogP contribution in [0, 0.1) is 0 Å². The molecule has 0 aliphatic carbocycles. The number of hydrogen-bond donors (Lipinski definition) is 0. The van der Waals surface area contributed by atoms with Crippen LogP contribution in [0.4, 0.5) is 26.3 Å². The lowest BCUT2D eigenvalue weighted by molar-refractivity contribution is -0.138. The average molecular weight is 484 g/mol. The van der Waals surface area contributed by atoms with E-state index in [0.29, 0.717) is 35.1 Å². The van der Waals surface area contributed by atoms with Crippen LogP contribution in [0.25, 0.3) is 21.9 Å². The van der Waals surface area contributed by atoms with Crippen LogP contribution < -0.4 is 0 Å². The molecule has 1 nitrogen and oxygen atoms in total. The van der Waals surface area contributed by atoms with Crippen molar-refractivity contribution in [3.8, 4) is 0 Å². The van der Waals surface area contributed by atoms with Gasteiger partial charge in [0, 0.05) is 10.8 Å². The summed E-state index contributed by atoms with van der Waals surface area (Å²) in [5, 5.41) is 1.60. The molecule has 178 valence electrons. The van der Waals surface area contributed by atoms with Crippen LogP contribution in [0.5, 0.6) is 0 Å². The Morgan fingerprint density at radius 1 is 0.486 bits per heavy atom. The van der Waals surface area contributed by atoms with Gasteiger partial charge in [0.05, 0.1) is 11.1 Å². The maximum atomic E-state index is 13.1. The van der Waals surface area contributed by atoms with Crippen molar-refractivity contribution in [2.45, 2.75) is 25.2 Å². The van der Waals surface area contributed by atoms with Gasteiger partial charge < -0.3 is 4.42 Å². The van der Waals surface area contributed by atoms with Gasteiger partial charge in [0.1, 0.15) is 11.2 Å². The zero-order valence-electron chi connectivity index (χ0n) is 18.2. The van der Waals surface area contributed by atoms with E-state index >= 15 is 0 Å². The van der Waals surface area contributed by atoms with Gasteiger partial charge in [-0.05, 0) is 71.5 Å². The summed E-state index contributed by atoms with van der Waals surface area (Å²) < 4.78 is 84.2. The summed E-state index contributed by atoms with van der Waals surface area (Å²) in [7, 11) is 0. The Kier molecular flexibility index (Phi) is 5.58. The molecule has 5 rings (SSSR count). The first-order valence-electron chi connectivity index (χ1n) is 10.8. The van der Waals surface area contributed by atoms with E-state index in [1.807, 2.05) is 24.3 Å². The number of halogens is 6. The minimum Gasteiger partial charge on any atom is -0.456 e. The highest BCUT2D eigenvalue weighted by Crippen LogP contribution is 2.34. The quantitative estimate of drug-likeness (QED) is 0.232. The van der Waals surface area contributed by atoms with Gasteiger partial charge in [-0.15, -0.1) is 0 Å². The van der Waals surface area contributed by atoms with Gasteiger partial charge in [-0.25, -0.2) is 0 Å². The zero-order chi connectivity index (χ0) is 24.8. The minimum absolute atomic E-state index is 0.316. The summed E-state index contributed by atoms with van der Waals surface area (Å²) in [5.41, 5.74) is 2.60. The third-order valence-electron chi connectivity index (χ3n) is 5.92. The Morgan fingerprint density at radius 2 is 0.886 bits per heavy atom. The molecule has 5 aromatic rings. The van der Waals surface area contributed by atoms with E-state index in [1.165, 1.54) is 12.1 Å². The van der Waals surface area contributed by atoms with Crippen molar-refractivity contribution in [3.05, 3.63) is 118 Å². The number of benzene rings is 4. The van der Waals surface area contributed by atoms with Gasteiger partial charge in [0.2, 0.25) is 0 Å². The Bertz CT molecular complexity index is 1410. The SMILES string of the molecule is FC(F)(F)c1cccc(Cc2ccc3oc4ccc(Cc5cccc(C(F)(F)F)c5)cc4c3c2)c1. The monoisotopic (exact) mass is 484 g/mol. The van der Waals surface area contributed by atoms with Crippen molar-refractivity contribution in [1.82, 2.24) is 0 Å². The third-order valence-corrected chi connectivity index (χ3v) is 5.92. The maximum absolute atomic E-state index is 13.1. The second kappa shape index (κ2) is 8.48. The second-order valence-electron chi connectivity index (χ2n) is 8.51. The van der Waals surface area contributed by atoms with Crippen LogP contribution in [0.1, 0.15) is 33.4 Å². The van der Waals surface area contributed by atoms with E-state index < -0.39 is 23.5 Å². The molecule has 0 saturated carbocycles. The first kappa shape index (κ1) is 23.0. The molecule has 0 unspecified atom stereocenters. The molecule has 0 aliphatic heterocycles. The van der Waals surface area contributed by atoms with E-state index in [2.05, 4.69) is 0 Å². The van der Waals surface area contributed by atoms with E-state index in [4.69, 9.17) is 4.42 Å². The molecular formula is C28H18F6O. The number of rotatable bonds is 4. The van der Waals surface area contributed by atoms with Crippen molar-refractivity contribution in [3.63, 3.8) is 0 Å². The van der Waals surface area contributed by atoms with Gasteiger partial charge >= 0.3 is 12.4 Å². The van der Waals surface area contributed by atoms with Crippen molar-refractivity contribution < 1.29 is 30.8 Å². The van der Waals surface area contributed by atoms with Crippen molar-refractivity contribution >= 4 is 21.9 Å². The van der Waals surface area contributed by atoms with Crippen LogP contribution in [0.2, 0.25) is 0 Å². The first-order valence-corrected chi connectivity index (χ1v) is 10.8. The van der Waals surface area contributed by atoms with Gasteiger partial charge in [-0.2, -0.15) is 26.3 Å². The molecule has 0 amide bonds.